The number of carbonyl (C=O) groups is 1. The van der Waals surface area contributed by atoms with Gasteiger partial charge in [-0.3, -0.25) is 5.10 Å². The summed E-state index contributed by atoms with van der Waals surface area (Å²) in [4.78, 5) is 19.2. The first-order valence-electron chi connectivity index (χ1n) is 10.8. The van der Waals surface area contributed by atoms with Gasteiger partial charge in [-0.05, 0) is 65.5 Å². The predicted molar refractivity (Wildman–Crippen MR) is 109 cm³/mol. The van der Waals surface area contributed by atoms with Gasteiger partial charge in [0.15, 0.2) is 0 Å². The molecule has 3 saturated heterocycles. The number of piperidine rings is 2. The lowest BCUT2D eigenvalue weighted by Crippen LogP contribution is -2.62. The summed E-state index contributed by atoms with van der Waals surface area (Å²) in [7, 11) is 0. The zero-order chi connectivity index (χ0) is 19.8. The normalized spacial score (nSPS) is 23.7. The number of amides is 1. The van der Waals surface area contributed by atoms with Crippen molar-refractivity contribution in [2.24, 2.45) is 11.3 Å². The number of nitrogens with zero attached hydrogens (tertiary/aromatic N) is 4. The number of hydrogen-bond acceptors (Lipinski definition) is 5. The average molecular weight is 390 g/mol. The molecule has 3 fully saturated rings. The van der Waals surface area contributed by atoms with Gasteiger partial charge in [0.1, 0.15) is 5.60 Å². The van der Waals surface area contributed by atoms with Crippen molar-refractivity contribution in [1.29, 1.82) is 0 Å². The molecular weight excluding hydrogens is 354 g/mol. The summed E-state index contributed by atoms with van der Waals surface area (Å²) in [6, 6.07) is 0. The summed E-state index contributed by atoms with van der Waals surface area (Å²) in [5.41, 5.74) is 1.16. The van der Waals surface area contributed by atoms with Gasteiger partial charge in [-0.1, -0.05) is 0 Å². The molecule has 3 aliphatic heterocycles. The second kappa shape index (κ2) is 7.58. The predicted octanol–water partition coefficient (Wildman–Crippen LogP) is 2.96. The molecule has 0 saturated carbocycles. The molecule has 0 atom stereocenters. The SMILES string of the molecule is CC(C)(C)OC(=O)N1CC2(CCN(CC3CCN(c4cn[nH]c4)CC3)CC2)C1. The minimum Gasteiger partial charge on any atom is -0.444 e. The summed E-state index contributed by atoms with van der Waals surface area (Å²) in [6.45, 7) is 13.4. The molecular formula is C21H35N5O2. The Kier molecular flexibility index (Phi) is 5.29. The number of hydrogen-bond donors (Lipinski definition) is 1. The molecule has 4 rings (SSSR count). The zero-order valence-electron chi connectivity index (χ0n) is 17.6. The highest BCUT2D eigenvalue weighted by molar-refractivity contribution is 5.69. The molecule has 7 heteroatoms. The first-order valence-corrected chi connectivity index (χ1v) is 10.8. The second-order valence-electron chi connectivity index (χ2n) is 10.0. The molecule has 0 radical (unpaired) electrons. The first-order chi connectivity index (χ1) is 13.3. The minimum atomic E-state index is -0.406. The van der Waals surface area contributed by atoms with Gasteiger partial charge in [-0.25, -0.2) is 4.79 Å². The van der Waals surface area contributed by atoms with Crippen LogP contribution >= 0.6 is 0 Å². The quantitative estimate of drug-likeness (QED) is 0.861. The first kappa shape index (κ1) is 19.6. The molecule has 3 aliphatic rings. The number of rotatable bonds is 3. The van der Waals surface area contributed by atoms with Crippen LogP contribution < -0.4 is 4.90 Å². The third-order valence-electron chi connectivity index (χ3n) is 6.60. The summed E-state index contributed by atoms with van der Waals surface area (Å²) in [5, 5.41) is 6.97. The van der Waals surface area contributed by atoms with Crippen LogP contribution in [0, 0.1) is 11.3 Å². The van der Waals surface area contributed by atoms with Gasteiger partial charge in [0.05, 0.1) is 11.9 Å². The Morgan fingerprint density at radius 1 is 1.21 bits per heavy atom. The molecule has 1 spiro atoms. The van der Waals surface area contributed by atoms with Crippen molar-refractivity contribution in [3.8, 4) is 0 Å². The third kappa shape index (κ3) is 4.45. The van der Waals surface area contributed by atoms with Gasteiger partial charge in [0.2, 0.25) is 0 Å². The molecule has 0 aromatic carbocycles. The van der Waals surface area contributed by atoms with E-state index in [0.29, 0.717) is 5.41 Å². The molecule has 0 aliphatic carbocycles. The van der Waals surface area contributed by atoms with Crippen LogP contribution in [0.3, 0.4) is 0 Å². The van der Waals surface area contributed by atoms with Gasteiger partial charge in [0.25, 0.3) is 0 Å². The number of anilines is 1. The number of H-pyrrole nitrogens is 1. The minimum absolute atomic E-state index is 0.148. The van der Waals surface area contributed by atoms with Gasteiger partial charge >= 0.3 is 6.09 Å². The van der Waals surface area contributed by atoms with Crippen LogP contribution in [0.1, 0.15) is 46.5 Å². The average Bonchev–Trinajstić information content (AvgIpc) is 3.14. The Morgan fingerprint density at radius 2 is 1.89 bits per heavy atom. The van der Waals surface area contributed by atoms with Crippen molar-refractivity contribution >= 4 is 11.8 Å². The summed E-state index contributed by atoms with van der Waals surface area (Å²) < 4.78 is 5.50. The fourth-order valence-corrected chi connectivity index (χ4v) is 4.90. The van der Waals surface area contributed by atoms with E-state index in [1.54, 1.807) is 0 Å². The van der Waals surface area contributed by atoms with Crippen molar-refractivity contribution in [3.63, 3.8) is 0 Å². The van der Waals surface area contributed by atoms with Crippen molar-refractivity contribution < 1.29 is 9.53 Å². The fourth-order valence-electron chi connectivity index (χ4n) is 4.90. The smallest absolute Gasteiger partial charge is 0.410 e. The molecule has 7 nitrogen and oxygen atoms in total. The van der Waals surface area contributed by atoms with Crippen LogP contribution in [0.4, 0.5) is 10.5 Å². The Morgan fingerprint density at radius 3 is 2.46 bits per heavy atom. The maximum absolute atomic E-state index is 12.2. The van der Waals surface area contributed by atoms with Crippen molar-refractivity contribution in [2.75, 3.05) is 50.7 Å². The molecule has 0 bridgehead atoms. The Balaban J connectivity index is 1.16. The number of carbonyl (C=O) groups excluding carboxylic acids is 1. The summed E-state index contributed by atoms with van der Waals surface area (Å²) in [6.07, 6.45) is 8.70. The van der Waals surface area contributed by atoms with Crippen LogP contribution in [0.2, 0.25) is 0 Å². The largest absolute Gasteiger partial charge is 0.444 e. The highest BCUT2D eigenvalue weighted by atomic mass is 16.6. The monoisotopic (exact) mass is 389 g/mol. The lowest BCUT2D eigenvalue weighted by molar-refractivity contribution is -0.0607. The lowest BCUT2D eigenvalue weighted by Gasteiger charge is -2.54. The van der Waals surface area contributed by atoms with Crippen molar-refractivity contribution in [2.45, 2.75) is 52.1 Å². The van der Waals surface area contributed by atoms with E-state index >= 15 is 0 Å². The van der Waals surface area contributed by atoms with E-state index in [0.717, 1.165) is 32.1 Å². The van der Waals surface area contributed by atoms with Gasteiger partial charge < -0.3 is 19.4 Å². The molecule has 4 heterocycles. The van der Waals surface area contributed by atoms with E-state index in [1.807, 2.05) is 38.1 Å². The molecule has 156 valence electrons. The van der Waals surface area contributed by atoms with Crippen molar-refractivity contribution in [1.82, 2.24) is 20.0 Å². The van der Waals surface area contributed by atoms with E-state index < -0.39 is 5.60 Å². The molecule has 1 amide bonds. The molecule has 0 unspecified atom stereocenters. The Labute approximate surface area is 168 Å². The molecule has 1 aromatic rings. The van der Waals surface area contributed by atoms with Crippen LogP contribution in [0.15, 0.2) is 12.4 Å². The van der Waals surface area contributed by atoms with E-state index in [4.69, 9.17) is 4.74 Å². The lowest BCUT2D eigenvalue weighted by atomic mass is 9.72. The number of aromatic amines is 1. The maximum Gasteiger partial charge on any atom is 0.410 e. The highest BCUT2D eigenvalue weighted by Crippen LogP contribution is 2.41. The molecule has 28 heavy (non-hydrogen) atoms. The zero-order valence-corrected chi connectivity index (χ0v) is 17.6. The molecule has 1 aromatic heterocycles. The highest BCUT2D eigenvalue weighted by Gasteiger charge is 2.47. The third-order valence-corrected chi connectivity index (χ3v) is 6.60. The van der Waals surface area contributed by atoms with Crippen LogP contribution in [0.25, 0.3) is 0 Å². The number of aromatic nitrogens is 2. The van der Waals surface area contributed by atoms with Crippen LogP contribution in [0.5, 0.6) is 0 Å². The standard InChI is InChI=1S/C21H35N5O2/c1-20(2,3)28-19(27)26-15-21(16-26)6-10-24(11-7-21)14-17-4-8-25(9-5-17)18-12-22-23-13-18/h12-13,17H,4-11,14-16H2,1-3H3,(H,22,23). The fraction of sp³-hybridized carbons (Fsp3) is 0.810. The maximum atomic E-state index is 12.2. The Hall–Kier alpha value is -1.76. The summed E-state index contributed by atoms with van der Waals surface area (Å²) in [5.74, 6) is 0.803. The van der Waals surface area contributed by atoms with Gasteiger partial charge in [-0.15, -0.1) is 0 Å². The van der Waals surface area contributed by atoms with E-state index in [1.165, 1.54) is 51.0 Å². The molecule has 1 N–H and O–H groups in total. The Bertz CT molecular complexity index is 645. The number of nitrogens with one attached hydrogen (secondary N) is 1. The van der Waals surface area contributed by atoms with E-state index in [2.05, 4.69) is 20.0 Å². The van der Waals surface area contributed by atoms with Crippen LogP contribution in [-0.2, 0) is 4.74 Å². The van der Waals surface area contributed by atoms with E-state index in [9.17, 15) is 4.79 Å². The number of ether oxygens (including phenoxy) is 1. The summed E-state index contributed by atoms with van der Waals surface area (Å²) >= 11 is 0. The van der Waals surface area contributed by atoms with Gasteiger partial charge in [-0.2, -0.15) is 5.10 Å². The van der Waals surface area contributed by atoms with E-state index in [-0.39, 0.29) is 6.09 Å². The topological polar surface area (TPSA) is 64.7 Å². The van der Waals surface area contributed by atoms with Crippen LogP contribution in [-0.4, -0.2) is 77.5 Å². The van der Waals surface area contributed by atoms with Gasteiger partial charge in [0, 0.05) is 44.3 Å². The number of likely N-dealkylation sites (tertiary alicyclic amines) is 2. The second-order valence-corrected chi connectivity index (χ2v) is 10.0. The van der Waals surface area contributed by atoms with Crippen molar-refractivity contribution in [3.05, 3.63) is 12.4 Å².